The predicted octanol–water partition coefficient (Wildman–Crippen LogP) is 4.01. The van der Waals surface area contributed by atoms with E-state index in [0.29, 0.717) is 11.8 Å². The standard InChI is InChI=1S/C11H20Cl2N2OSi/c1-5-6-7-9-14-10(12)11(13,15-9)8-16-17(2,3)4/h5-8H2,1-4H3. The molecule has 0 bridgehead atoms. The van der Waals surface area contributed by atoms with Crippen LogP contribution in [-0.2, 0) is 4.43 Å². The fraction of sp³-hybridized carbons (Fsp3) is 0.818. The van der Waals surface area contributed by atoms with Crippen molar-refractivity contribution in [2.75, 3.05) is 6.61 Å². The van der Waals surface area contributed by atoms with Crippen LogP contribution in [0.25, 0.3) is 0 Å². The molecule has 0 aromatic rings. The van der Waals surface area contributed by atoms with E-state index in [1.54, 1.807) is 0 Å². The van der Waals surface area contributed by atoms with Crippen LogP contribution in [0.1, 0.15) is 26.2 Å². The Labute approximate surface area is 114 Å². The summed E-state index contributed by atoms with van der Waals surface area (Å²) < 4.78 is 5.77. The van der Waals surface area contributed by atoms with Crippen LogP contribution in [0.3, 0.4) is 0 Å². The van der Waals surface area contributed by atoms with Crippen LogP contribution in [0.2, 0.25) is 19.6 Å². The second kappa shape index (κ2) is 5.82. The molecular weight excluding hydrogens is 275 g/mol. The molecule has 0 saturated heterocycles. The zero-order valence-corrected chi connectivity index (χ0v) is 13.4. The quantitative estimate of drug-likeness (QED) is 0.414. The summed E-state index contributed by atoms with van der Waals surface area (Å²) in [5, 5.41) is 0.337. The van der Waals surface area contributed by atoms with Gasteiger partial charge in [0.2, 0.25) is 5.00 Å². The van der Waals surface area contributed by atoms with Crippen molar-refractivity contribution in [1.82, 2.24) is 0 Å². The van der Waals surface area contributed by atoms with Gasteiger partial charge < -0.3 is 4.43 Å². The number of unbranched alkanes of at least 4 members (excludes halogenated alkanes) is 1. The molecule has 1 aliphatic rings. The van der Waals surface area contributed by atoms with Crippen molar-refractivity contribution in [3.63, 3.8) is 0 Å². The first-order chi connectivity index (χ1) is 7.77. The van der Waals surface area contributed by atoms with Crippen molar-refractivity contribution in [1.29, 1.82) is 0 Å². The highest BCUT2D eigenvalue weighted by Gasteiger charge is 2.38. The average Bonchev–Trinajstić information content (AvgIpc) is 2.49. The average molecular weight is 295 g/mol. The van der Waals surface area contributed by atoms with Crippen LogP contribution >= 0.6 is 23.2 Å². The normalized spacial score (nSPS) is 24.8. The SMILES string of the molecule is CCCCC1=NC(Cl)(CO[Si](C)(C)C)C(Cl)=N1. The Balaban J connectivity index is 2.64. The van der Waals surface area contributed by atoms with E-state index < -0.39 is 13.3 Å². The van der Waals surface area contributed by atoms with Gasteiger partial charge >= 0.3 is 0 Å². The first-order valence-electron chi connectivity index (χ1n) is 5.93. The number of hydrogen-bond donors (Lipinski definition) is 0. The Morgan fingerprint density at radius 1 is 1.35 bits per heavy atom. The van der Waals surface area contributed by atoms with Crippen molar-refractivity contribution in [3.8, 4) is 0 Å². The topological polar surface area (TPSA) is 34.0 Å². The molecule has 3 nitrogen and oxygen atoms in total. The second-order valence-electron chi connectivity index (χ2n) is 5.19. The smallest absolute Gasteiger partial charge is 0.210 e. The molecule has 6 heteroatoms. The molecule has 1 unspecified atom stereocenters. The van der Waals surface area contributed by atoms with E-state index in [0.717, 1.165) is 25.1 Å². The number of halogens is 2. The molecule has 0 radical (unpaired) electrons. The zero-order valence-electron chi connectivity index (χ0n) is 10.9. The molecule has 1 heterocycles. The van der Waals surface area contributed by atoms with Crippen LogP contribution in [0.15, 0.2) is 9.98 Å². The van der Waals surface area contributed by atoms with E-state index >= 15 is 0 Å². The molecule has 17 heavy (non-hydrogen) atoms. The van der Waals surface area contributed by atoms with Gasteiger partial charge in [0.05, 0.1) is 6.61 Å². The molecule has 1 atom stereocenters. The summed E-state index contributed by atoms with van der Waals surface area (Å²) in [6.45, 7) is 8.75. The summed E-state index contributed by atoms with van der Waals surface area (Å²) in [5.74, 6) is 0.742. The number of alkyl halides is 1. The monoisotopic (exact) mass is 294 g/mol. The number of aliphatic imine (C=N–C) groups is 2. The van der Waals surface area contributed by atoms with E-state index in [4.69, 9.17) is 27.6 Å². The summed E-state index contributed by atoms with van der Waals surface area (Å²) in [7, 11) is -1.62. The van der Waals surface area contributed by atoms with Gasteiger partial charge in [0, 0.05) is 6.42 Å². The minimum absolute atomic E-state index is 0.308. The minimum Gasteiger partial charge on any atom is -0.413 e. The Hall–Kier alpha value is 0.0969. The van der Waals surface area contributed by atoms with Crippen LogP contribution in [0.5, 0.6) is 0 Å². The van der Waals surface area contributed by atoms with Gasteiger partial charge in [0.25, 0.3) is 0 Å². The Morgan fingerprint density at radius 3 is 2.53 bits per heavy atom. The lowest BCUT2D eigenvalue weighted by molar-refractivity contribution is 0.295. The maximum atomic E-state index is 6.35. The Morgan fingerprint density at radius 2 is 2.00 bits per heavy atom. The molecular formula is C11H20Cl2N2OSi. The largest absolute Gasteiger partial charge is 0.413 e. The molecule has 0 amide bonds. The minimum atomic E-state index is -1.62. The Kier molecular flexibility index (Phi) is 5.19. The number of amidine groups is 1. The lowest BCUT2D eigenvalue weighted by Crippen LogP contribution is -2.37. The van der Waals surface area contributed by atoms with Gasteiger partial charge in [-0.05, 0) is 26.1 Å². The van der Waals surface area contributed by atoms with Gasteiger partial charge in [0.1, 0.15) is 5.84 Å². The van der Waals surface area contributed by atoms with Gasteiger partial charge in [-0.25, -0.2) is 9.98 Å². The van der Waals surface area contributed by atoms with Gasteiger partial charge in [-0.15, -0.1) is 0 Å². The van der Waals surface area contributed by atoms with Crippen molar-refractivity contribution in [3.05, 3.63) is 0 Å². The molecule has 0 aromatic heterocycles. The predicted molar refractivity (Wildman–Crippen MR) is 78.1 cm³/mol. The lowest BCUT2D eigenvalue weighted by Gasteiger charge is -2.23. The van der Waals surface area contributed by atoms with Gasteiger partial charge in [-0.3, -0.25) is 0 Å². The molecule has 0 spiro atoms. The second-order valence-corrected chi connectivity index (χ2v) is 10.7. The first-order valence-corrected chi connectivity index (χ1v) is 10.1. The molecule has 98 valence electrons. The van der Waals surface area contributed by atoms with E-state index in [9.17, 15) is 0 Å². The first kappa shape index (κ1) is 15.2. The van der Waals surface area contributed by atoms with Crippen molar-refractivity contribution < 1.29 is 4.43 Å². The fourth-order valence-corrected chi connectivity index (χ4v) is 2.45. The van der Waals surface area contributed by atoms with Crippen molar-refractivity contribution >= 4 is 42.5 Å². The van der Waals surface area contributed by atoms with E-state index in [2.05, 4.69) is 36.5 Å². The zero-order chi connectivity index (χ0) is 13.1. The lowest BCUT2D eigenvalue weighted by atomic mass is 10.2. The van der Waals surface area contributed by atoms with E-state index in [-0.39, 0.29) is 0 Å². The van der Waals surface area contributed by atoms with Gasteiger partial charge in [-0.1, -0.05) is 36.5 Å². The molecule has 1 aliphatic heterocycles. The van der Waals surface area contributed by atoms with Crippen molar-refractivity contribution in [2.24, 2.45) is 9.98 Å². The van der Waals surface area contributed by atoms with E-state index in [1.165, 1.54) is 0 Å². The Bertz CT molecular complexity index is 339. The van der Waals surface area contributed by atoms with Crippen LogP contribution < -0.4 is 0 Å². The fourth-order valence-electron chi connectivity index (χ4n) is 1.33. The van der Waals surface area contributed by atoms with Crippen LogP contribution in [-0.4, -0.2) is 30.9 Å². The highest BCUT2D eigenvalue weighted by atomic mass is 35.5. The molecule has 1 rings (SSSR count). The molecule has 0 aliphatic carbocycles. The highest BCUT2D eigenvalue weighted by molar-refractivity contribution is 6.74. The third-order valence-corrected chi connectivity index (χ3v) is 4.18. The highest BCUT2D eigenvalue weighted by Crippen LogP contribution is 2.29. The molecule has 0 saturated carbocycles. The van der Waals surface area contributed by atoms with Crippen LogP contribution in [0.4, 0.5) is 0 Å². The summed E-state index contributed by atoms with van der Waals surface area (Å²) in [4.78, 5) is 7.62. The summed E-state index contributed by atoms with van der Waals surface area (Å²) in [5.41, 5.74) is 0. The molecule has 0 N–H and O–H groups in total. The maximum Gasteiger partial charge on any atom is 0.210 e. The third kappa shape index (κ3) is 4.70. The van der Waals surface area contributed by atoms with Crippen LogP contribution in [0, 0.1) is 0 Å². The number of nitrogens with zero attached hydrogens (tertiary/aromatic N) is 2. The van der Waals surface area contributed by atoms with Gasteiger partial charge in [-0.2, -0.15) is 0 Å². The summed E-state index contributed by atoms with van der Waals surface area (Å²) in [6, 6.07) is 0. The number of rotatable bonds is 6. The van der Waals surface area contributed by atoms with Crippen molar-refractivity contribution in [2.45, 2.75) is 50.8 Å². The number of hydrogen-bond acceptors (Lipinski definition) is 3. The summed E-state index contributed by atoms with van der Waals surface area (Å²) >= 11 is 12.4. The third-order valence-electron chi connectivity index (χ3n) is 2.30. The summed E-state index contributed by atoms with van der Waals surface area (Å²) in [6.07, 6.45) is 2.98. The van der Waals surface area contributed by atoms with Gasteiger partial charge in [0.15, 0.2) is 13.5 Å². The molecule has 0 fully saturated rings. The van der Waals surface area contributed by atoms with E-state index in [1.807, 2.05) is 0 Å². The maximum absolute atomic E-state index is 6.35. The molecule has 0 aromatic carbocycles.